The molecule has 0 unspecified atom stereocenters. The third-order valence-electron chi connectivity index (χ3n) is 5.24. The van der Waals surface area contributed by atoms with Crippen LogP contribution in [0.3, 0.4) is 0 Å². The second kappa shape index (κ2) is 10.4. The maximum Gasteiger partial charge on any atom is 0.235 e. The van der Waals surface area contributed by atoms with E-state index < -0.39 is 0 Å². The summed E-state index contributed by atoms with van der Waals surface area (Å²) in [5.41, 5.74) is 2.66. The lowest BCUT2D eigenvalue weighted by Gasteiger charge is -2.11. The van der Waals surface area contributed by atoms with Crippen molar-refractivity contribution < 1.29 is 9.18 Å². The van der Waals surface area contributed by atoms with Gasteiger partial charge in [-0.15, -0.1) is 10.2 Å². The van der Waals surface area contributed by atoms with Crippen molar-refractivity contribution >= 4 is 23.5 Å². The molecule has 7 nitrogen and oxygen atoms in total. The van der Waals surface area contributed by atoms with Crippen molar-refractivity contribution in [1.29, 1.82) is 0 Å². The Kier molecular flexibility index (Phi) is 6.67. The summed E-state index contributed by atoms with van der Waals surface area (Å²) in [6.45, 7) is 0.556. The first-order valence-electron chi connectivity index (χ1n) is 10.9. The summed E-state index contributed by atoms with van der Waals surface area (Å²) >= 11 is 1.27. The number of carbonyl (C=O) groups is 1. The zero-order valence-corrected chi connectivity index (χ0v) is 19.4. The van der Waals surface area contributed by atoms with Gasteiger partial charge in [0.15, 0.2) is 11.0 Å². The minimum atomic E-state index is -0.322. The molecular weight excluding hydrogens is 463 g/mol. The average molecular weight is 485 g/mol. The molecule has 2 heterocycles. The lowest BCUT2D eigenvalue weighted by Crippen LogP contribution is -2.18. The van der Waals surface area contributed by atoms with Gasteiger partial charge in [0.05, 0.1) is 18.5 Å². The second-order valence-corrected chi connectivity index (χ2v) is 8.62. The van der Waals surface area contributed by atoms with Crippen LogP contribution in [0.2, 0.25) is 0 Å². The first-order chi connectivity index (χ1) is 17.2. The predicted molar refractivity (Wildman–Crippen MR) is 134 cm³/mol. The molecule has 2 aromatic heterocycles. The first kappa shape index (κ1) is 22.5. The zero-order chi connectivity index (χ0) is 24.0. The normalized spacial score (nSPS) is 10.9. The number of thioether (sulfide) groups is 1. The summed E-state index contributed by atoms with van der Waals surface area (Å²) in [6.07, 6.45) is 1.66. The summed E-state index contributed by atoms with van der Waals surface area (Å²) in [6, 6.07) is 27.4. The van der Waals surface area contributed by atoms with Crippen LogP contribution in [-0.4, -0.2) is 36.2 Å². The highest BCUT2D eigenvalue weighted by atomic mass is 32.2. The van der Waals surface area contributed by atoms with Crippen molar-refractivity contribution in [1.82, 2.24) is 24.5 Å². The molecule has 0 fully saturated rings. The van der Waals surface area contributed by atoms with E-state index in [9.17, 15) is 9.18 Å². The molecule has 0 saturated heterocycles. The number of anilines is 1. The summed E-state index contributed by atoms with van der Waals surface area (Å²) in [4.78, 5) is 12.8. The highest BCUT2D eigenvalue weighted by Gasteiger charge is 2.18. The highest BCUT2D eigenvalue weighted by Crippen LogP contribution is 2.28. The maximum atomic E-state index is 13.4. The Hall–Kier alpha value is -4.24. The van der Waals surface area contributed by atoms with E-state index in [0.29, 0.717) is 23.3 Å². The minimum Gasteiger partial charge on any atom is -0.310 e. The molecule has 0 radical (unpaired) electrons. The third kappa shape index (κ3) is 5.30. The van der Waals surface area contributed by atoms with Gasteiger partial charge < -0.3 is 5.32 Å². The summed E-state index contributed by atoms with van der Waals surface area (Å²) < 4.78 is 17.1. The Morgan fingerprint density at radius 2 is 1.60 bits per heavy atom. The monoisotopic (exact) mass is 484 g/mol. The Morgan fingerprint density at radius 3 is 2.34 bits per heavy atom. The fourth-order valence-electron chi connectivity index (χ4n) is 3.59. The molecule has 0 aliphatic carbocycles. The van der Waals surface area contributed by atoms with Gasteiger partial charge in [0, 0.05) is 17.3 Å². The topological polar surface area (TPSA) is 77.6 Å². The van der Waals surface area contributed by atoms with Gasteiger partial charge in [0.1, 0.15) is 11.6 Å². The van der Waals surface area contributed by atoms with E-state index in [2.05, 4.69) is 20.6 Å². The van der Waals surface area contributed by atoms with Crippen LogP contribution in [-0.2, 0) is 11.3 Å². The van der Waals surface area contributed by atoms with Gasteiger partial charge in [-0.3, -0.25) is 9.36 Å². The highest BCUT2D eigenvalue weighted by molar-refractivity contribution is 7.99. The average Bonchev–Trinajstić information content (AvgIpc) is 3.51. The van der Waals surface area contributed by atoms with Crippen molar-refractivity contribution in [3.05, 3.63) is 109 Å². The van der Waals surface area contributed by atoms with E-state index in [4.69, 9.17) is 0 Å². The Balaban J connectivity index is 1.33. The van der Waals surface area contributed by atoms with Crippen LogP contribution in [0.25, 0.3) is 17.1 Å². The van der Waals surface area contributed by atoms with Crippen molar-refractivity contribution in [3.8, 4) is 17.1 Å². The van der Waals surface area contributed by atoms with Crippen LogP contribution in [0.5, 0.6) is 0 Å². The smallest absolute Gasteiger partial charge is 0.235 e. The first-order valence-corrected chi connectivity index (χ1v) is 11.9. The van der Waals surface area contributed by atoms with Crippen molar-refractivity contribution in [3.63, 3.8) is 0 Å². The molecule has 5 aromatic rings. The van der Waals surface area contributed by atoms with Gasteiger partial charge in [-0.05, 0) is 42.0 Å². The van der Waals surface area contributed by atoms with Crippen LogP contribution < -0.4 is 5.32 Å². The molecule has 1 N–H and O–H groups in total. The fourth-order valence-corrected chi connectivity index (χ4v) is 4.34. The lowest BCUT2D eigenvalue weighted by atomic mass is 10.2. The van der Waals surface area contributed by atoms with E-state index >= 15 is 0 Å². The Bertz CT molecular complexity index is 1420. The van der Waals surface area contributed by atoms with E-state index in [-0.39, 0.29) is 17.5 Å². The molecule has 5 rings (SSSR count). The number of carbonyl (C=O) groups excluding carboxylic acids is 1. The van der Waals surface area contributed by atoms with Crippen LogP contribution in [0.4, 0.5) is 10.2 Å². The molecule has 0 aliphatic heterocycles. The third-order valence-corrected chi connectivity index (χ3v) is 6.17. The molecule has 9 heteroatoms. The van der Waals surface area contributed by atoms with Gasteiger partial charge in [0.25, 0.3) is 0 Å². The number of aromatic nitrogens is 5. The van der Waals surface area contributed by atoms with Crippen LogP contribution in [0, 0.1) is 5.82 Å². The predicted octanol–water partition coefficient (Wildman–Crippen LogP) is 5.05. The number of hydrogen-bond acceptors (Lipinski definition) is 5. The molecule has 174 valence electrons. The maximum absolute atomic E-state index is 13.4. The fraction of sp³-hybridized carbons (Fsp3) is 0.0769. The molecule has 0 bridgehead atoms. The molecule has 3 aromatic carbocycles. The number of nitrogens with one attached hydrogen (secondary N) is 1. The quantitative estimate of drug-likeness (QED) is 0.312. The number of rotatable bonds is 8. The standard InChI is InChI=1S/C26H21FN6OS/c27-21-13-11-20(12-14-21)25-30-31-26(33(25)22-9-5-2-6-10-22)35-18-24(34)29-23-15-16-28-32(23)17-19-7-3-1-4-8-19/h1-16H,17-18H2,(H,29,34). The van der Waals surface area contributed by atoms with Crippen molar-refractivity contribution in [2.75, 3.05) is 11.1 Å². The molecule has 35 heavy (non-hydrogen) atoms. The van der Waals surface area contributed by atoms with Gasteiger partial charge in [-0.25, -0.2) is 9.07 Å². The second-order valence-electron chi connectivity index (χ2n) is 7.68. The summed E-state index contributed by atoms with van der Waals surface area (Å²) in [5.74, 6) is 0.814. The molecule has 0 aliphatic rings. The van der Waals surface area contributed by atoms with Gasteiger partial charge in [-0.1, -0.05) is 60.3 Å². The van der Waals surface area contributed by atoms with E-state index in [1.807, 2.05) is 65.2 Å². The van der Waals surface area contributed by atoms with E-state index in [0.717, 1.165) is 16.8 Å². The van der Waals surface area contributed by atoms with Gasteiger partial charge in [-0.2, -0.15) is 5.10 Å². The SMILES string of the molecule is O=C(CSc1nnc(-c2ccc(F)cc2)n1-c1ccccc1)Nc1ccnn1Cc1ccccc1. The minimum absolute atomic E-state index is 0.130. The summed E-state index contributed by atoms with van der Waals surface area (Å²) in [7, 11) is 0. The Morgan fingerprint density at radius 1 is 0.886 bits per heavy atom. The number of halogens is 1. The van der Waals surface area contributed by atoms with Crippen LogP contribution >= 0.6 is 11.8 Å². The lowest BCUT2D eigenvalue weighted by molar-refractivity contribution is -0.113. The van der Waals surface area contributed by atoms with E-state index in [1.165, 1.54) is 23.9 Å². The molecule has 0 spiro atoms. The van der Waals surface area contributed by atoms with Crippen molar-refractivity contribution in [2.24, 2.45) is 0 Å². The Labute approximate surface area is 205 Å². The number of benzene rings is 3. The number of amides is 1. The van der Waals surface area contributed by atoms with Crippen LogP contribution in [0.15, 0.2) is 102 Å². The number of hydrogen-bond donors (Lipinski definition) is 1. The number of nitrogens with zero attached hydrogens (tertiary/aromatic N) is 5. The molecular formula is C26H21FN6OS. The van der Waals surface area contributed by atoms with Crippen molar-refractivity contribution in [2.45, 2.75) is 11.7 Å². The molecule has 0 saturated carbocycles. The zero-order valence-electron chi connectivity index (χ0n) is 18.6. The van der Waals surface area contributed by atoms with Gasteiger partial charge >= 0.3 is 0 Å². The number of para-hydroxylation sites is 1. The summed E-state index contributed by atoms with van der Waals surface area (Å²) in [5, 5.41) is 16.5. The largest absolute Gasteiger partial charge is 0.310 e. The molecule has 0 atom stereocenters. The van der Waals surface area contributed by atoms with Crippen LogP contribution in [0.1, 0.15) is 5.56 Å². The van der Waals surface area contributed by atoms with Gasteiger partial charge in [0.2, 0.25) is 5.91 Å². The van der Waals surface area contributed by atoms with E-state index in [1.54, 1.807) is 29.1 Å². The molecule has 1 amide bonds.